The van der Waals surface area contributed by atoms with Crippen molar-refractivity contribution in [2.24, 2.45) is 0 Å². The molecule has 0 saturated carbocycles. The lowest BCUT2D eigenvalue weighted by atomic mass is 10.0. The van der Waals surface area contributed by atoms with Crippen molar-refractivity contribution in [3.63, 3.8) is 0 Å². The summed E-state index contributed by atoms with van der Waals surface area (Å²) in [4.78, 5) is 13.9. The molecule has 2 atom stereocenters. The van der Waals surface area contributed by atoms with Gasteiger partial charge in [-0.2, -0.15) is 13.2 Å². The minimum Gasteiger partial charge on any atom is -0.390 e. The van der Waals surface area contributed by atoms with Gasteiger partial charge in [-0.15, -0.1) is 0 Å². The summed E-state index contributed by atoms with van der Waals surface area (Å²) in [6.45, 7) is 1.35. The Morgan fingerprint density at radius 3 is 2.57 bits per heavy atom. The fraction of sp³-hybridized carbons (Fsp3) is 0.500. The Balaban J connectivity index is 2.84. The van der Waals surface area contributed by atoms with Gasteiger partial charge >= 0.3 is 6.18 Å². The number of rotatable bonds is 5. The summed E-state index contributed by atoms with van der Waals surface area (Å²) in [7, 11) is 0. The number of alkyl halides is 3. The molecule has 0 saturated heterocycles. The van der Waals surface area contributed by atoms with Gasteiger partial charge in [0.1, 0.15) is 17.0 Å². The molecule has 2 unspecified atom stereocenters. The Labute approximate surface area is 128 Å². The molecule has 0 aliphatic carbocycles. The van der Waals surface area contributed by atoms with Gasteiger partial charge in [-0.25, -0.2) is 4.98 Å². The number of aliphatic hydroxyl groups is 2. The van der Waals surface area contributed by atoms with Gasteiger partial charge < -0.3 is 10.2 Å². The molecule has 1 heterocycles. The van der Waals surface area contributed by atoms with Gasteiger partial charge in [0.15, 0.2) is 5.12 Å². The summed E-state index contributed by atoms with van der Waals surface area (Å²) < 4.78 is 37.8. The molecule has 0 radical (unpaired) electrons. The van der Waals surface area contributed by atoms with Crippen molar-refractivity contribution >= 4 is 28.5 Å². The molecule has 0 spiro atoms. The Morgan fingerprint density at radius 2 is 2.05 bits per heavy atom. The highest BCUT2D eigenvalue weighted by Gasteiger charge is 2.34. The molecule has 0 bridgehead atoms. The molecule has 0 aliphatic heterocycles. The van der Waals surface area contributed by atoms with Crippen molar-refractivity contribution < 1.29 is 28.2 Å². The molecule has 21 heavy (non-hydrogen) atoms. The summed E-state index contributed by atoms with van der Waals surface area (Å²) in [5.74, 6) is 0.249. The van der Waals surface area contributed by atoms with Gasteiger partial charge in [-0.3, -0.25) is 4.79 Å². The van der Waals surface area contributed by atoms with E-state index in [0.717, 1.165) is 17.8 Å². The third-order valence-corrected chi connectivity index (χ3v) is 3.57. The Morgan fingerprint density at radius 1 is 1.43 bits per heavy atom. The van der Waals surface area contributed by atoms with E-state index in [1.165, 1.54) is 6.92 Å². The molecule has 118 valence electrons. The van der Waals surface area contributed by atoms with Crippen LogP contribution in [0.4, 0.5) is 13.2 Å². The molecular weight excluding hydrogens is 331 g/mol. The minimum absolute atomic E-state index is 0.0483. The highest BCUT2D eigenvalue weighted by atomic mass is 35.5. The van der Waals surface area contributed by atoms with E-state index in [0.29, 0.717) is 6.07 Å². The number of aliphatic hydroxyl groups excluding tert-OH is 2. The van der Waals surface area contributed by atoms with Gasteiger partial charge in [-0.05, 0) is 24.1 Å². The number of hydrogen-bond acceptors (Lipinski definition) is 5. The molecule has 2 N–H and O–H groups in total. The zero-order chi connectivity index (χ0) is 16.2. The summed E-state index contributed by atoms with van der Waals surface area (Å²) in [5.41, 5.74) is -1.42. The monoisotopic (exact) mass is 343 g/mol. The first-order chi connectivity index (χ1) is 9.61. The van der Waals surface area contributed by atoms with Crippen LogP contribution in [-0.4, -0.2) is 32.2 Å². The molecule has 1 aromatic heterocycles. The summed E-state index contributed by atoms with van der Waals surface area (Å²) in [6.07, 6.45) is -7.50. The molecule has 4 nitrogen and oxygen atoms in total. The van der Waals surface area contributed by atoms with Gasteiger partial charge in [0.05, 0.1) is 6.10 Å². The van der Waals surface area contributed by atoms with Crippen LogP contribution in [0.25, 0.3) is 0 Å². The molecule has 0 amide bonds. The van der Waals surface area contributed by atoms with Crippen LogP contribution in [0.2, 0.25) is 5.15 Å². The van der Waals surface area contributed by atoms with E-state index < -0.39 is 29.2 Å². The van der Waals surface area contributed by atoms with E-state index in [4.69, 9.17) is 11.6 Å². The van der Waals surface area contributed by atoms with Gasteiger partial charge in [0.25, 0.3) is 0 Å². The second-order valence-corrected chi connectivity index (χ2v) is 5.91. The molecule has 0 aliphatic rings. The molecule has 0 aromatic carbocycles. The van der Waals surface area contributed by atoms with Crippen LogP contribution < -0.4 is 0 Å². The van der Waals surface area contributed by atoms with Crippen molar-refractivity contribution in [1.82, 2.24) is 4.98 Å². The first kappa shape index (κ1) is 18.2. The maximum absolute atomic E-state index is 12.6. The fourth-order valence-electron chi connectivity index (χ4n) is 1.54. The Bertz CT molecular complexity index is 513. The fourth-order valence-corrected chi connectivity index (χ4v) is 2.40. The molecular formula is C12H13ClF3NO3S. The number of hydrogen-bond donors (Lipinski definition) is 2. The van der Waals surface area contributed by atoms with E-state index in [-0.39, 0.29) is 22.9 Å². The number of carbonyl (C=O) groups is 1. The van der Waals surface area contributed by atoms with Crippen LogP contribution in [0, 0.1) is 0 Å². The summed E-state index contributed by atoms with van der Waals surface area (Å²) >= 11 is 6.45. The third-order valence-electron chi connectivity index (χ3n) is 2.53. The lowest BCUT2D eigenvalue weighted by Gasteiger charge is -2.19. The zero-order valence-electron chi connectivity index (χ0n) is 10.9. The van der Waals surface area contributed by atoms with Crippen molar-refractivity contribution in [3.8, 4) is 0 Å². The topological polar surface area (TPSA) is 70.4 Å². The van der Waals surface area contributed by atoms with Crippen LogP contribution in [0.5, 0.6) is 0 Å². The van der Waals surface area contributed by atoms with Crippen molar-refractivity contribution in [3.05, 3.63) is 28.5 Å². The lowest BCUT2D eigenvalue weighted by Crippen LogP contribution is -2.20. The number of carbonyl (C=O) groups excluding carboxylic acids is 1. The van der Waals surface area contributed by atoms with Crippen LogP contribution in [0.3, 0.4) is 0 Å². The average molecular weight is 344 g/mol. The van der Waals surface area contributed by atoms with Crippen LogP contribution in [0.1, 0.15) is 30.7 Å². The maximum atomic E-state index is 12.6. The first-order valence-corrected chi connectivity index (χ1v) is 7.21. The lowest BCUT2D eigenvalue weighted by molar-refractivity contribution is -0.141. The van der Waals surface area contributed by atoms with E-state index in [1.54, 1.807) is 0 Å². The number of pyridine rings is 1. The quantitative estimate of drug-likeness (QED) is 0.804. The second kappa shape index (κ2) is 7.44. The van der Waals surface area contributed by atoms with Crippen LogP contribution in [-0.2, 0) is 11.0 Å². The molecule has 0 fully saturated rings. The van der Waals surface area contributed by atoms with Gasteiger partial charge in [-0.1, -0.05) is 23.4 Å². The minimum atomic E-state index is -4.70. The smallest absolute Gasteiger partial charge is 0.390 e. The predicted molar refractivity (Wildman–Crippen MR) is 73.0 cm³/mol. The van der Waals surface area contributed by atoms with Crippen LogP contribution in [0.15, 0.2) is 12.1 Å². The first-order valence-electron chi connectivity index (χ1n) is 5.85. The predicted octanol–water partition coefficient (Wildman–Crippen LogP) is 2.82. The molecule has 1 aromatic rings. The molecule has 9 heteroatoms. The van der Waals surface area contributed by atoms with Crippen molar-refractivity contribution in [2.75, 3.05) is 5.75 Å². The van der Waals surface area contributed by atoms with E-state index in [9.17, 15) is 28.2 Å². The largest absolute Gasteiger partial charge is 0.433 e. The maximum Gasteiger partial charge on any atom is 0.433 e. The van der Waals surface area contributed by atoms with E-state index in [1.807, 2.05) is 0 Å². The molecule has 1 rings (SSSR count). The Hall–Kier alpha value is -0.830. The standard InChI is InChI=1S/C12H13ClF3NO3S/c1-6(18)21-3-2-8(19)11(20)7-4-9(12(14,15)16)17-10(13)5-7/h4-5,8,11,19-20H,2-3H2,1H3. The van der Waals surface area contributed by atoms with E-state index >= 15 is 0 Å². The average Bonchev–Trinajstić information content (AvgIpc) is 2.35. The second-order valence-electron chi connectivity index (χ2n) is 4.25. The van der Waals surface area contributed by atoms with Crippen LogP contribution >= 0.6 is 23.4 Å². The zero-order valence-corrected chi connectivity index (χ0v) is 12.5. The highest BCUT2D eigenvalue weighted by Crippen LogP contribution is 2.32. The normalized spacial score (nSPS) is 14.8. The summed E-state index contributed by atoms with van der Waals surface area (Å²) in [5, 5.41) is 19.0. The number of thioether (sulfide) groups is 1. The Kier molecular flexibility index (Phi) is 6.45. The number of halogens is 4. The number of aromatic nitrogens is 1. The SMILES string of the molecule is CC(=O)SCCC(O)C(O)c1cc(Cl)nc(C(F)(F)F)c1. The van der Waals surface area contributed by atoms with Crippen molar-refractivity contribution in [2.45, 2.75) is 31.7 Å². The van der Waals surface area contributed by atoms with Crippen molar-refractivity contribution in [1.29, 1.82) is 0 Å². The van der Waals surface area contributed by atoms with Gasteiger partial charge in [0.2, 0.25) is 0 Å². The van der Waals surface area contributed by atoms with E-state index in [2.05, 4.69) is 4.98 Å². The summed E-state index contributed by atoms with van der Waals surface area (Å²) in [6, 6.07) is 1.70. The highest BCUT2D eigenvalue weighted by molar-refractivity contribution is 8.13. The number of nitrogens with zero attached hydrogens (tertiary/aromatic N) is 1. The van der Waals surface area contributed by atoms with Gasteiger partial charge in [0, 0.05) is 12.7 Å². The third kappa shape index (κ3) is 5.82.